The quantitative estimate of drug-likeness (QED) is 0.556. The van der Waals surface area contributed by atoms with E-state index < -0.39 is 5.82 Å². The molecule has 0 aliphatic carbocycles. The van der Waals surface area contributed by atoms with Gasteiger partial charge in [-0.1, -0.05) is 6.92 Å². The molecule has 3 fully saturated rings. The Bertz CT molecular complexity index is 1230. The number of hydrogen-bond donors (Lipinski definition) is 1. The van der Waals surface area contributed by atoms with Crippen LogP contribution in [-0.2, 0) is 4.79 Å². The van der Waals surface area contributed by atoms with Crippen LogP contribution in [0.25, 0.3) is 0 Å². The minimum absolute atomic E-state index is 0.0508. The zero-order valence-electron chi connectivity index (χ0n) is 24.1. The van der Waals surface area contributed by atoms with Crippen molar-refractivity contribution in [1.29, 1.82) is 0 Å². The van der Waals surface area contributed by atoms with Gasteiger partial charge in [-0.3, -0.25) is 9.59 Å². The summed E-state index contributed by atoms with van der Waals surface area (Å²) in [4.78, 5) is 36.6. The van der Waals surface area contributed by atoms with Crippen molar-refractivity contribution >= 4 is 17.6 Å². The number of nitrogens with one attached hydrogen (secondary N) is 1. The van der Waals surface area contributed by atoms with Gasteiger partial charge in [-0.25, -0.2) is 9.37 Å². The molecule has 1 spiro atoms. The van der Waals surface area contributed by atoms with E-state index in [0.717, 1.165) is 52.0 Å². The monoisotopic (exact) mass is 553 g/mol. The van der Waals surface area contributed by atoms with Gasteiger partial charge >= 0.3 is 0 Å². The molecule has 1 aromatic carbocycles. The average molecular weight is 554 g/mol. The molecule has 11 heteroatoms. The van der Waals surface area contributed by atoms with E-state index in [1.165, 1.54) is 24.5 Å². The maximum Gasteiger partial charge on any atom is 0.282 e. The van der Waals surface area contributed by atoms with Crippen molar-refractivity contribution in [3.63, 3.8) is 0 Å². The number of aromatic nitrogens is 3. The van der Waals surface area contributed by atoms with E-state index in [1.807, 2.05) is 32.6 Å². The zero-order valence-corrected chi connectivity index (χ0v) is 24.1. The Hall–Kier alpha value is -3.34. The Kier molecular flexibility index (Phi) is 7.94. The average Bonchev–Trinajstić information content (AvgIpc) is 3.34. The van der Waals surface area contributed by atoms with Crippen molar-refractivity contribution < 1.29 is 18.7 Å². The van der Waals surface area contributed by atoms with Gasteiger partial charge < -0.3 is 24.8 Å². The highest BCUT2D eigenvalue weighted by Crippen LogP contribution is 2.44. The van der Waals surface area contributed by atoms with Crippen molar-refractivity contribution in [2.75, 3.05) is 37.6 Å². The van der Waals surface area contributed by atoms with Crippen LogP contribution in [-0.4, -0.2) is 87.6 Å². The summed E-state index contributed by atoms with van der Waals surface area (Å²) in [7, 11) is 0. The van der Waals surface area contributed by atoms with E-state index >= 15 is 0 Å². The van der Waals surface area contributed by atoms with E-state index in [-0.39, 0.29) is 52.5 Å². The minimum atomic E-state index is -0.520. The topological polar surface area (TPSA) is 104 Å². The number of anilines is 1. The van der Waals surface area contributed by atoms with Gasteiger partial charge in [0, 0.05) is 43.7 Å². The lowest BCUT2D eigenvalue weighted by Crippen LogP contribution is -2.62. The number of carbonyl (C=O) groups is 2. The molecule has 5 rings (SSSR count). The minimum Gasteiger partial charge on any atom is -0.434 e. The second-order valence-corrected chi connectivity index (χ2v) is 12.2. The number of amides is 2. The highest BCUT2D eigenvalue weighted by atomic mass is 19.1. The number of rotatable bonds is 7. The highest BCUT2D eigenvalue weighted by molar-refractivity contribution is 5.97. The maximum absolute atomic E-state index is 14.3. The van der Waals surface area contributed by atoms with Gasteiger partial charge in [0.25, 0.3) is 11.8 Å². The molecule has 216 valence electrons. The van der Waals surface area contributed by atoms with Gasteiger partial charge in [-0.15, -0.1) is 10.2 Å². The van der Waals surface area contributed by atoms with E-state index in [4.69, 9.17) is 4.74 Å². The summed E-state index contributed by atoms with van der Waals surface area (Å²) in [6.07, 6.45) is 4.15. The lowest BCUT2D eigenvalue weighted by molar-refractivity contribution is -0.135. The SMILES string of the molecule is CC(C)N(C(=O)c1cc(F)ccc1Oc1nncnc1N1CC2(CCN(C(=O)[C@@H]3C[C@@H](C)CN3)CC2)C1)C(C)C. The van der Waals surface area contributed by atoms with Gasteiger partial charge in [0.1, 0.15) is 17.9 Å². The van der Waals surface area contributed by atoms with Crippen LogP contribution in [0.1, 0.15) is 64.2 Å². The van der Waals surface area contributed by atoms with Gasteiger partial charge in [0.2, 0.25) is 5.91 Å². The number of hydrogen-bond acceptors (Lipinski definition) is 8. The first-order valence-electron chi connectivity index (χ1n) is 14.3. The number of halogens is 1. The molecule has 0 radical (unpaired) electrons. The first-order valence-corrected chi connectivity index (χ1v) is 14.3. The van der Waals surface area contributed by atoms with Crippen LogP contribution in [0.3, 0.4) is 0 Å². The second-order valence-electron chi connectivity index (χ2n) is 12.2. The third kappa shape index (κ3) is 5.61. The fourth-order valence-corrected chi connectivity index (χ4v) is 6.36. The Labute approximate surface area is 235 Å². The van der Waals surface area contributed by atoms with E-state index in [1.54, 1.807) is 4.90 Å². The van der Waals surface area contributed by atoms with E-state index in [9.17, 15) is 14.0 Å². The first kappa shape index (κ1) is 28.2. The zero-order chi connectivity index (χ0) is 28.6. The fourth-order valence-electron chi connectivity index (χ4n) is 6.36. The summed E-state index contributed by atoms with van der Waals surface area (Å²) in [6.45, 7) is 13.8. The van der Waals surface area contributed by atoms with Crippen molar-refractivity contribution in [3.8, 4) is 11.6 Å². The van der Waals surface area contributed by atoms with Crippen LogP contribution < -0.4 is 15.0 Å². The summed E-state index contributed by atoms with van der Waals surface area (Å²) in [5, 5.41) is 11.4. The van der Waals surface area contributed by atoms with Gasteiger partial charge in [-0.2, -0.15) is 0 Å². The normalized spacial score (nSPS) is 22.1. The molecule has 40 heavy (non-hydrogen) atoms. The summed E-state index contributed by atoms with van der Waals surface area (Å²) in [5.74, 6) is 0.847. The summed E-state index contributed by atoms with van der Waals surface area (Å²) < 4.78 is 20.4. The van der Waals surface area contributed by atoms with Crippen LogP contribution in [0, 0.1) is 17.2 Å². The molecule has 3 aliphatic rings. The summed E-state index contributed by atoms with van der Waals surface area (Å²) in [6, 6.07) is 3.72. The molecule has 2 amide bonds. The van der Waals surface area contributed by atoms with E-state index in [0.29, 0.717) is 11.7 Å². The molecule has 1 aromatic heterocycles. The Morgan fingerprint density at radius 1 is 1.15 bits per heavy atom. The Morgan fingerprint density at radius 2 is 1.85 bits per heavy atom. The fraction of sp³-hybridized carbons (Fsp3) is 0.621. The summed E-state index contributed by atoms with van der Waals surface area (Å²) >= 11 is 0. The molecule has 10 nitrogen and oxygen atoms in total. The van der Waals surface area contributed by atoms with Gasteiger partial charge in [0.05, 0.1) is 11.6 Å². The van der Waals surface area contributed by atoms with Crippen LogP contribution in [0.2, 0.25) is 0 Å². The number of likely N-dealkylation sites (tertiary alicyclic amines) is 1. The predicted octanol–water partition coefficient (Wildman–Crippen LogP) is 3.49. The van der Waals surface area contributed by atoms with Crippen LogP contribution >= 0.6 is 0 Å². The third-order valence-electron chi connectivity index (χ3n) is 8.43. The number of benzene rings is 1. The van der Waals surface area contributed by atoms with Gasteiger partial charge in [0.15, 0.2) is 5.82 Å². The molecule has 0 bridgehead atoms. The van der Waals surface area contributed by atoms with Crippen molar-refractivity contribution in [1.82, 2.24) is 30.3 Å². The third-order valence-corrected chi connectivity index (χ3v) is 8.43. The lowest BCUT2D eigenvalue weighted by Gasteiger charge is -2.54. The van der Waals surface area contributed by atoms with E-state index in [2.05, 4.69) is 32.3 Å². The molecular weight excluding hydrogens is 513 g/mol. The largest absolute Gasteiger partial charge is 0.434 e. The number of piperidine rings is 1. The molecule has 3 aliphatic heterocycles. The predicted molar refractivity (Wildman–Crippen MR) is 149 cm³/mol. The molecule has 3 saturated heterocycles. The molecule has 0 unspecified atom stereocenters. The standard InChI is InChI=1S/C29H40FN7O3/c1-18(2)37(19(3)4)27(38)22-13-21(30)6-7-24(22)40-26-25(32-17-33-34-26)36-15-29(16-36)8-10-35(11-9-29)28(39)23-12-20(5)14-31-23/h6-7,13,17-20,23,31H,8-12,14-16H2,1-5H3/t20-,23+/m1/s1. The van der Waals surface area contributed by atoms with Crippen LogP contribution in [0.5, 0.6) is 11.6 Å². The van der Waals surface area contributed by atoms with Crippen LogP contribution in [0.15, 0.2) is 24.5 Å². The Balaban J connectivity index is 1.27. The Morgan fingerprint density at radius 3 is 2.48 bits per heavy atom. The maximum atomic E-state index is 14.3. The number of nitrogens with zero attached hydrogens (tertiary/aromatic N) is 6. The first-order chi connectivity index (χ1) is 19.1. The van der Waals surface area contributed by atoms with Crippen LogP contribution in [0.4, 0.5) is 10.2 Å². The smallest absolute Gasteiger partial charge is 0.282 e. The molecule has 4 heterocycles. The van der Waals surface area contributed by atoms with Crippen molar-refractivity contribution in [3.05, 3.63) is 35.9 Å². The molecule has 0 saturated carbocycles. The molecule has 1 N–H and O–H groups in total. The summed E-state index contributed by atoms with van der Waals surface area (Å²) in [5.41, 5.74) is 0.240. The van der Waals surface area contributed by atoms with Crippen molar-refractivity contribution in [2.45, 2.75) is 72.0 Å². The highest BCUT2D eigenvalue weighted by Gasteiger charge is 2.47. The molecule has 2 atom stereocenters. The number of ether oxygens (including phenoxy) is 1. The number of carbonyl (C=O) groups excluding carboxylic acids is 2. The molecular formula is C29H40FN7O3. The van der Waals surface area contributed by atoms with Gasteiger partial charge in [-0.05, 0) is 77.6 Å². The lowest BCUT2D eigenvalue weighted by atomic mass is 9.72. The van der Waals surface area contributed by atoms with Crippen molar-refractivity contribution in [2.24, 2.45) is 11.3 Å². The molecule has 2 aromatic rings. The second kappa shape index (κ2) is 11.3.